The molecule has 0 saturated heterocycles. The third kappa shape index (κ3) is 5.30. The van der Waals surface area contributed by atoms with Gasteiger partial charge in [-0.05, 0) is 48.4 Å². The van der Waals surface area contributed by atoms with E-state index in [9.17, 15) is 9.18 Å². The lowest BCUT2D eigenvalue weighted by Crippen LogP contribution is -2.31. The van der Waals surface area contributed by atoms with E-state index in [1.165, 1.54) is 39.2 Å². The van der Waals surface area contributed by atoms with Crippen LogP contribution >= 0.6 is 11.8 Å². The molecule has 4 aromatic rings. The number of nitrogens with one attached hydrogen (secondary N) is 2. The van der Waals surface area contributed by atoms with E-state index in [0.717, 1.165) is 0 Å². The molecule has 1 aliphatic rings. The number of aromatic nitrogens is 4. The highest BCUT2D eigenvalue weighted by atomic mass is 32.2. The van der Waals surface area contributed by atoms with Gasteiger partial charge in [0.05, 0.1) is 38.8 Å². The first-order valence-electron chi connectivity index (χ1n) is 12.2. The average molecular weight is 563 g/mol. The number of halogens is 1. The summed E-state index contributed by atoms with van der Waals surface area (Å²) in [5, 5.41) is 11.3. The molecule has 0 unspecified atom stereocenters. The van der Waals surface area contributed by atoms with Crippen LogP contribution in [0.3, 0.4) is 0 Å². The first-order valence-corrected chi connectivity index (χ1v) is 13.2. The van der Waals surface area contributed by atoms with Crippen LogP contribution < -0.4 is 24.8 Å². The normalized spacial score (nSPS) is 14.3. The predicted molar refractivity (Wildman–Crippen MR) is 149 cm³/mol. The fourth-order valence-corrected chi connectivity index (χ4v) is 5.26. The summed E-state index contributed by atoms with van der Waals surface area (Å²) in [6, 6.07) is 12.9. The van der Waals surface area contributed by atoms with Crippen molar-refractivity contribution in [3.8, 4) is 17.2 Å². The first kappa shape index (κ1) is 27.0. The Bertz CT molecular complexity index is 1550. The molecule has 12 heteroatoms. The van der Waals surface area contributed by atoms with Gasteiger partial charge in [0.15, 0.2) is 11.5 Å². The average Bonchev–Trinajstić information content (AvgIpc) is 3.37. The molecule has 40 heavy (non-hydrogen) atoms. The maximum absolute atomic E-state index is 14.2. The van der Waals surface area contributed by atoms with Crippen LogP contribution in [0.5, 0.6) is 17.2 Å². The number of amides is 1. The Morgan fingerprint density at radius 1 is 1.10 bits per heavy atom. The fraction of sp³-hybridized carbons (Fsp3) is 0.214. The van der Waals surface area contributed by atoms with Crippen molar-refractivity contribution in [3.63, 3.8) is 0 Å². The second-order valence-corrected chi connectivity index (χ2v) is 9.71. The lowest BCUT2D eigenvalue weighted by atomic mass is 9.94. The van der Waals surface area contributed by atoms with Crippen LogP contribution in [0.25, 0.3) is 0 Å². The SMILES string of the molecule is COc1cc([C@@H]2C(C(=O)Nc3cccnc3)=C(C)Nc3nc(SCc4ccccc4F)nn32)cc(OC)c1OC. The number of benzene rings is 2. The van der Waals surface area contributed by atoms with Crippen LogP contribution in [-0.4, -0.2) is 47.0 Å². The molecule has 1 aliphatic heterocycles. The van der Waals surface area contributed by atoms with E-state index in [1.807, 2.05) is 0 Å². The van der Waals surface area contributed by atoms with Gasteiger partial charge >= 0.3 is 0 Å². The summed E-state index contributed by atoms with van der Waals surface area (Å²) >= 11 is 1.29. The van der Waals surface area contributed by atoms with Gasteiger partial charge in [0, 0.05) is 17.6 Å². The van der Waals surface area contributed by atoms with Gasteiger partial charge in [0.1, 0.15) is 11.9 Å². The van der Waals surface area contributed by atoms with Crippen molar-refractivity contribution in [2.75, 3.05) is 32.0 Å². The van der Waals surface area contributed by atoms with Crippen molar-refractivity contribution < 1.29 is 23.4 Å². The molecule has 0 aliphatic carbocycles. The number of rotatable bonds is 9. The van der Waals surface area contributed by atoms with E-state index in [4.69, 9.17) is 19.3 Å². The largest absolute Gasteiger partial charge is 0.493 e. The second-order valence-electron chi connectivity index (χ2n) is 8.76. The molecular formula is C28H27FN6O4S. The Hall–Kier alpha value is -4.58. The molecule has 1 atom stereocenters. The summed E-state index contributed by atoms with van der Waals surface area (Å²) in [4.78, 5) is 22.4. The van der Waals surface area contributed by atoms with E-state index in [1.54, 1.807) is 66.5 Å². The molecule has 0 bridgehead atoms. The van der Waals surface area contributed by atoms with Crippen molar-refractivity contribution in [2.45, 2.75) is 23.9 Å². The second kappa shape index (κ2) is 11.7. The minimum atomic E-state index is -0.711. The van der Waals surface area contributed by atoms with E-state index in [2.05, 4.69) is 20.6 Å². The van der Waals surface area contributed by atoms with Crippen molar-refractivity contribution >= 4 is 29.3 Å². The van der Waals surface area contributed by atoms with Crippen LogP contribution in [0.4, 0.5) is 16.0 Å². The molecule has 2 aromatic carbocycles. The summed E-state index contributed by atoms with van der Waals surface area (Å²) in [7, 11) is 4.58. The Morgan fingerprint density at radius 3 is 2.50 bits per heavy atom. The molecule has 3 heterocycles. The van der Waals surface area contributed by atoms with Gasteiger partial charge in [-0.25, -0.2) is 9.07 Å². The maximum Gasteiger partial charge on any atom is 0.255 e. The fourth-order valence-electron chi connectivity index (χ4n) is 4.45. The third-order valence-corrected chi connectivity index (χ3v) is 7.20. The topological polar surface area (TPSA) is 112 Å². The first-order chi connectivity index (χ1) is 19.4. The van der Waals surface area contributed by atoms with Gasteiger partial charge in [-0.15, -0.1) is 5.10 Å². The zero-order chi connectivity index (χ0) is 28.2. The number of hydrogen-bond donors (Lipinski definition) is 2. The molecular weight excluding hydrogens is 535 g/mol. The molecule has 1 amide bonds. The predicted octanol–water partition coefficient (Wildman–Crippen LogP) is 5.06. The Labute approximate surface area is 234 Å². The number of ether oxygens (including phenoxy) is 3. The van der Waals surface area contributed by atoms with E-state index in [0.29, 0.717) is 62.2 Å². The molecule has 10 nitrogen and oxygen atoms in total. The minimum Gasteiger partial charge on any atom is -0.493 e. The standard InChI is InChI=1S/C28H27FN6O4S/c1-16-23(26(36)32-19-9-7-11-30-14-19)24(18-12-21(37-2)25(39-4)22(13-18)38-3)35-27(31-16)33-28(34-35)40-15-17-8-5-6-10-20(17)29/h5-14,24H,15H2,1-4H3,(H,32,36)(H,31,33,34)/t24-/m1/s1. The quantitative estimate of drug-likeness (QED) is 0.270. The van der Waals surface area contributed by atoms with Gasteiger partial charge in [-0.2, -0.15) is 4.98 Å². The lowest BCUT2D eigenvalue weighted by molar-refractivity contribution is -0.113. The van der Waals surface area contributed by atoms with Gasteiger partial charge in [0.2, 0.25) is 16.9 Å². The molecule has 206 valence electrons. The number of carbonyl (C=O) groups is 1. The minimum absolute atomic E-state index is 0.292. The number of anilines is 2. The number of hydrogen-bond acceptors (Lipinski definition) is 9. The Morgan fingerprint density at radius 2 is 1.85 bits per heavy atom. The summed E-state index contributed by atoms with van der Waals surface area (Å²) < 4.78 is 32.5. The highest BCUT2D eigenvalue weighted by Gasteiger charge is 2.36. The number of allylic oxidation sites excluding steroid dienone is 1. The van der Waals surface area contributed by atoms with Gasteiger partial charge < -0.3 is 24.8 Å². The molecule has 2 aromatic heterocycles. The summed E-state index contributed by atoms with van der Waals surface area (Å²) in [5.41, 5.74) is 2.73. The molecule has 0 spiro atoms. The van der Waals surface area contributed by atoms with Gasteiger partial charge in [0.25, 0.3) is 5.91 Å². The van der Waals surface area contributed by atoms with Crippen molar-refractivity contribution in [1.82, 2.24) is 19.7 Å². The smallest absolute Gasteiger partial charge is 0.255 e. The van der Waals surface area contributed by atoms with Gasteiger partial charge in [-0.3, -0.25) is 9.78 Å². The third-order valence-electron chi connectivity index (χ3n) is 6.31. The number of thioether (sulfide) groups is 1. The summed E-state index contributed by atoms with van der Waals surface area (Å²) in [5.74, 6) is 1.41. The molecule has 2 N–H and O–H groups in total. The maximum atomic E-state index is 14.2. The number of pyridine rings is 1. The van der Waals surface area contributed by atoms with E-state index >= 15 is 0 Å². The molecule has 0 fully saturated rings. The Kier molecular flexibility index (Phi) is 7.87. The number of methoxy groups -OCH3 is 3. The van der Waals surface area contributed by atoms with Crippen LogP contribution in [-0.2, 0) is 10.5 Å². The van der Waals surface area contributed by atoms with Crippen molar-refractivity contribution in [1.29, 1.82) is 0 Å². The van der Waals surface area contributed by atoms with Crippen molar-refractivity contribution in [3.05, 3.63) is 89.1 Å². The number of nitrogens with zero attached hydrogens (tertiary/aromatic N) is 4. The van der Waals surface area contributed by atoms with Crippen LogP contribution in [0.15, 0.2) is 77.4 Å². The monoisotopic (exact) mass is 562 g/mol. The van der Waals surface area contributed by atoms with Crippen LogP contribution in [0.2, 0.25) is 0 Å². The number of fused-ring (bicyclic) bond motifs is 1. The molecule has 0 saturated carbocycles. The van der Waals surface area contributed by atoms with Crippen LogP contribution in [0.1, 0.15) is 24.1 Å². The van der Waals surface area contributed by atoms with Gasteiger partial charge in [-0.1, -0.05) is 30.0 Å². The Balaban J connectivity index is 1.58. The molecule has 5 rings (SSSR count). The lowest BCUT2D eigenvalue weighted by Gasteiger charge is -2.29. The highest BCUT2D eigenvalue weighted by molar-refractivity contribution is 7.98. The number of carbonyl (C=O) groups excluding carboxylic acids is 1. The van der Waals surface area contributed by atoms with Crippen LogP contribution in [0, 0.1) is 5.82 Å². The molecule has 0 radical (unpaired) electrons. The summed E-state index contributed by atoms with van der Waals surface area (Å²) in [6.45, 7) is 1.80. The summed E-state index contributed by atoms with van der Waals surface area (Å²) in [6.07, 6.45) is 3.19. The zero-order valence-electron chi connectivity index (χ0n) is 22.3. The van der Waals surface area contributed by atoms with E-state index in [-0.39, 0.29) is 11.7 Å². The highest BCUT2D eigenvalue weighted by Crippen LogP contribution is 2.44. The van der Waals surface area contributed by atoms with E-state index < -0.39 is 6.04 Å². The zero-order valence-corrected chi connectivity index (χ0v) is 23.1. The van der Waals surface area contributed by atoms with Crippen molar-refractivity contribution in [2.24, 2.45) is 0 Å².